The molecule has 0 aliphatic heterocycles. The Morgan fingerprint density at radius 2 is 1.74 bits per heavy atom. The number of H-pyrrole nitrogens is 1. The fourth-order valence-corrected chi connectivity index (χ4v) is 3.11. The van der Waals surface area contributed by atoms with Gasteiger partial charge in [-0.15, -0.1) is 0 Å². The molecule has 0 saturated heterocycles. The lowest BCUT2D eigenvalue weighted by molar-refractivity contribution is 0.444. The average Bonchev–Trinajstić information content (AvgIpc) is 2.72. The Morgan fingerprint density at radius 1 is 1.05 bits per heavy atom. The van der Waals surface area contributed by atoms with Crippen molar-refractivity contribution in [2.45, 2.75) is 44.4 Å². The van der Waals surface area contributed by atoms with Crippen LogP contribution in [0.1, 0.15) is 50.1 Å². The summed E-state index contributed by atoms with van der Waals surface area (Å²) in [5.74, 6) is 0.213. The molecule has 3 rings (SSSR count). The van der Waals surface area contributed by atoms with Gasteiger partial charge in [0.15, 0.2) is 5.75 Å². The van der Waals surface area contributed by atoms with Crippen molar-refractivity contribution in [1.29, 1.82) is 0 Å². The van der Waals surface area contributed by atoms with Crippen LogP contribution in [0.2, 0.25) is 0 Å². The lowest BCUT2D eigenvalue weighted by Gasteiger charge is -2.16. The molecule has 2 aromatic rings. The number of nitrogens with one attached hydrogen (secondary N) is 1. The van der Waals surface area contributed by atoms with Crippen LogP contribution in [0.15, 0.2) is 29.1 Å². The zero-order chi connectivity index (χ0) is 13.2. The Kier molecular flexibility index (Phi) is 3.28. The highest BCUT2D eigenvalue weighted by atomic mass is 16.3. The van der Waals surface area contributed by atoms with E-state index in [1.165, 1.54) is 25.7 Å². The Hall–Kier alpha value is -1.77. The first-order chi connectivity index (χ1) is 9.27. The molecule has 0 unspecified atom stereocenters. The first-order valence-electron chi connectivity index (χ1n) is 7.11. The normalized spacial score (nSPS) is 17.5. The number of benzene rings is 1. The Morgan fingerprint density at radius 3 is 2.47 bits per heavy atom. The van der Waals surface area contributed by atoms with Crippen molar-refractivity contribution >= 4 is 10.9 Å². The van der Waals surface area contributed by atoms with Crippen LogP contribution in [0.3, 0.4) is 0 Å². The molecular formula is C16H19NO2. The van der Waals surface area contributed by atoms with Crippen LogP contribution in [-0.2, 0) is 0 Å². The first-order valence-corrected chi connectivity index (χ1v) is 7.11. The summed E-state index contributed by atoms with van der Waals surface area (Å²) < 4.78 is 0. The highest BCUT2D eigenvalue weighted by Crippen LogP contribution is 2.34. The van der Waals surface area contributed by atoms with Gasteiger partial charge in [-0.25, -0.2) is 0 Å². The summed E-state index contributed by atoms with van der Waals surface area (Å²) in [6.45, 7) is 0. The van der Waals surface area contributed by atoms with Gasteiger partial charge in [0.2, 0.25) is 5.43 Å². The maximum Gasteiger partial charge on any atom is 0.231 e. The van der Waals surface area contributed by atoms with Crippen molar-refractivity contribution in [2.75, 3.05) is 0 Å². The largest absolute Gasteiger partial charge is 0.503 e. The van der Waals surface area contributed by atoms with Gasteiger partial charge in [0.05, 0.1) is 5.69 Å². The van der Waals surface area contributed by atoms with Gasteiger partial charge < -0.3 is 10.1 Å². The van der Waals surface area contributed by atoms with E-state index in [4.69, 9.17) is 0 Å². The van der Waals surface area contributed by atoms with Gasteiger partial charge in [0.1, 0.15) is 0 Å². The van der Waals surface area contributed by atoms with E-state index in [1.807, 2.05) is 18.2 Å². The minimum absolute atomic E-state index is 0.0781. The smallest absolute Gasteiger partial charge is 0.231 e. The minimum Gasteiger partial charge on any atom is -0.503 e. The lowest BCUT2D eigenvalue weighted by Crippen LogP contribution is -2.10. The monoisotopic (exact) mass is 257 g/mol. The molecule has 1 saturated carbocycles. The Labute approximate surface area is 112 Å². The van der Waals surface area contributed by atoms with Gasteiger partial charge in [-0.3, -0.25) is 4.79 Å². The number of para-hydroxylation sites is 1. The van der Waals surface area contributed by atoms with Crippen LogP contribution in [0, 0.1) is 0 Å². The maximum absolute atomic E-state index is 12.2. The summed E-state index contributed by atoms with van der Waals surface area (Å²) in [7, 11) is 0. The number of aromatic hydroxyl groups is 1. The summed E-state index contributed by atoms with van der Waals surface area (Å²) in [6.07, 6.45) is 6.99. The number of pyridine rings is 1. The van der Waals surface area contributed by atoms with Gasteiger partial charge in [0, 0.05) is 16.8 Å². The molecule has 2 N–H and O–H groups in total. The molecule has 3 nitrogen and oxygen atoms in total. The topological polar surface area (TPSA) is 53.1 Å². The summed E-state index contributed by atoms with van der Waals surface area (Å²) >= 11 is 0. The number of fused-ring (bicyclic) bond motifs is 1. The van der Waals surface area contributed by atoms with E-state index in [9.17, 15) is 9.90 Å². The van der Waals surface area contributed by atoms with Crippen molar-refractivity contribution in [3.8, 4) is 5.75 Å². The molecule has 0 radical (unpaired) electrons. The third-order valence-electron chi connectivity index (χ3n) is 4.17. The molecule has 1 aliphatic carbocycles. The van der Waals surface area contributed by atoms with Crippen molar-refractivity contribution in [3.05, 3.63) is 40.2 Å². The minimum atomic E-state index is -0.242. The van der Waals surface area contributed by atoms with E-state index < -0.39 is 0 Å². The maximum atomic E-state index is 12.2. The molecule has 1 aromatic carbocycles. The third-order valence-corrected chi connectivity index (χ3v) is 4.17. The van der Waals surface area contributed by atoms with Crippen LogP contribution < -0.4 is 5.43 Å². The Balaban J connectivity index is 2.12. The van der Waals surface area contributed by atoms with E-state index in [-0.39, 0.29) is 11.2 Å². The predicted octanol–water partition coefficient (Wildman–Crippen LogP) is 3.67. The molecule has 0 atom stereocenters. The van der Waals surface area contributed by atoms with Crippen LogP contribution in [-0.4, -0.2) is 10.1 Å². The zero-order valence-corrected chi connectivity index (χ0v) is 11.0. The van der Waals surface area contributed by atoms with Crippen LogP contribution in [0.4, 0.5) is 0 Å². The van der Waals surface area contributed by atoms with E-state index in [2.05, 4.69) is 4.98 Å². The number of aromatic amines is 1. The molecule has 100 valence electrons. The molecule has 0 bridgehead atoms. The van der Waals surface area contributed by atoms with Gasteiger partial charge in [-0.05, 0) is 25.0 Å². The van der Waals surface area contributed by atoms with Crippen LogP contribution in [0.25, 0.3) is 10.9 Å². The second-order valence-electron chi connectivity index (χ2n) is 5.45. The SMILES string of the molecule is O=c1c(O)c(C2CCCCCC2)[nH]c2ccccc12. The molecule has 1 aliphatic rings. The molecular weight excluding hydrogens is 238 g/mol. The highest BCUT2D eigenvalue weighted by molar-refractivity contribution is 5.80. The molecule has 0 spiro atoms. The summed E-state index contributed by atoms with van der Waals surface area (Å²) in [6, 6.07) is 7.38. The molecule has 3 heteroatoms. The van der Waals surface area contributed by atoms with Crippen molar-refractivity contribution in [1.82, 2.24) is 4.98 Å². The fourth-order valence-electron chi connectivity index (χ4n) is 3.11. The Bertz CT molecular complexity index is 637. The van der Waals surface area contributed by atoms with E-state index in [0.29, 0.717) is 11.3 Å². The summed E-state index contributed by atoms with van der Waals surface area (Å²) in [4.78, 5) is 15.5. The van der Waals surface area contributed by atoms with Crippen molar-refractivity contribution in [3.63, 3.8) is 0 Å². The van der Waals surface area contributed by atoms with Gasteiger partial charge in [0.25, 0.3) is 0 Å². The van der Waals surface area contributed by atoms with Gasteiger partial charge >= 0.3 is 0 Å². The van der Waals surface area contributed by atoms with Crippen molar-refractivity contribution < 1.29 is 5.11 Å². The molecule has 19 heavy (non-hydrogen) atoms. The van der Waals surface area contributed by atoms with E-state index in [0.717, 1.165) is 24.1 Å². The molecule has 1 aromatic heterocycles. The van der Waals surface area contributed by atoms with Crippen molar-refractivity contribution in [2.24, 2.45) is 0 Å². The quantitative estimate of drug-likeness (QED) is 0.766. The first kappa shape index (κ1) is 12.3. The fraction of sp³-hybridized carbons (Fsp3) is 0.438. The van der Waals surface area contributed by atoms with Crippen LogP contribution >= 0.6 is 0 Å². The second-order valence-corrected chi connectivity index (χ2v) is 5.45. The van der Waals surface area contributed by atoms with Gasteiger partial charge in [-0.2, -0.15) is 0 Å². The van der Waals surface area contributed by atoms with Gasteiger partial charge in [-0.1, -0.05) is 37.8 Å². The summed E-state index contributed by atoms with van der Waals surface area (Å²) in [5.41, 5.74) is 1.32. The molecule has 0 amide bonds. The average molecular weight is 257 g/mol. The molecule has 1 fully saturated rings. The second kappa shape index (κ2) is 5.08. The van der Waals surface area contributed by atoms with Crippen LogP contribution in [0.5, 0.6) is 5.75 Å². The number of rotatable bonds is 1. The summed E-state index contributed by atoms with van der Waals surface area (Å²) in [5, 5.41) is 10.8. The predicted molar refractivity (Wildman–Crippen MR) is 76.7 cm³/mol. The third kappa shape index (κ3) is 2.25. The number of hydrogen-bond acceptors (Lipinski definition) is 2. The lowest BCUT2D eigenvalue weighted by atomic mass is 9.94. The number of hydrogen-bond donors (Lipinski definition) is 2. The highest BCUT2D eigenvalue weighted by Gasteiger charge is 2.20. The number of aromatic nitrogens is 1. The molecule has 1 heterocycles. The van der Waals surface area contributed by atoms with E-state index >= 15 is 0 Å². The van der Waals surface area contributed by atoms with E-state index in [1.54, 1.807) is 6.07 Å². The zero-order valence-electron chi connectivity index (χ0n) is 11.0. The standard InChI is InChI=1S/C16H19NO2/c18-15-12-9-5-6-10-13(12)17-14(16(15)19)11-7-3-1-2-4-8-11/h5-6,9-11,19H,1-4,7-8H2,(H,17,18).